The molecule has 1 aliphatic rings. The first-order valence-electron chi connectivity index (χ1n) is 2.24. The molecule has 0 aromatic rings. The third-order valence-corrected chi connectivity index (χ3v) is 0.978. The van der Waals surface area contributed by atoms with E-state index < -0.39 is 24.1 Å². The summed E-state index contributed by atoms with van der Waals surface area (Å²) in [6, 6.07) is 0. The molecule has 0 amide bonds. The zero-order chi connectivity index (χ0) is 7.02. The summed E-state index contributed by atoms with van der Waals surface area (Å²) >= 11 is 0. The fourth-order valence-corrected chi connectivity index (χ4v) is 0.488. The molecule has 2 N–H and O–H groups in total. The molecular weight excluding hydrogens is 197 g/mol. The number of carbonyl (C=O) groups is 2. The van der Waals surface area contributed by atoms with Crippen LogP contribution in [-0.2, 0) is 14.3 Å². The van der Waals surface area contributed by atoms with E-state index in [1.807, 2.05) is 0 Å². The van der Waals surface area contributed by atoms with Crippen LogP contribution in [0.15, 0.2) is 0 Å². The number of ether oxygens (including phenoxy) is 1. The molecule has 0 aliphatic carbocycles. The number of carboxylic acid groups (broad SMARTS) is 2. The molecule has 1 fully saturated rings. The molecule has 2 unspecified atom stereocenters. The van der Waals surface area contributed by atoms with Gasteiger partial charge in [0.2, 0.25) is 0 Å². The van der Waals surface area contributed by atoms with Crippen LogP contribution in [0.5, 0.6) is 0 Å². The van der Waals surface area contributed by atoms with Gasteiger partial charge in [-0.25, -0.2) is 9.59 Å². The van der Waals surface area contributed by atoms with Crippen molar-refractivity contribution in [1.82, 2.24) is 0 Å². The van der Waals surface area contributed by atoms with E-state index in [2.05, 4.69) is 4.74 Å². The van der Waals surface area contributed by atoms with E-state index in [0.29, 0.717) is 0 Å². The van der Waals surface area contributed by atoms with Crippen LogP contribution >= 0.6 is 0 Å². The molecule has 8 heteroatoms. The smallest absolute Gasteiger partial charge is 1.00 e. The van der Waals surface area contributed by atoms with Crippen molar-refractivity contribution < 1.29 is 117 Å². The SMILES string of the molecule is O=C(O)C1OC1C(=O)O.[H-].[H-].[H-].[Na+].[Na+].[Na+]. The maximum atomic E-state index is 9.89. The Bertz CT molecular complexity index is 165. The predicted molar refractivity (Wildman–Crippen MR) is 27.3 cm³/mol. The van der Waals surface area contributed by atoms with Crippen LogP contribution in [0, 0.1) is 0 Å². The summed E-state index contributed by atoms with van der Waals surface area (Å²) in [6.45, 7) is 0. The molecule has 0 saturated carbocycles. The molecule has 1 rings (SSSR count). The van der Waals surface area contributed by atoms with Gasteiger partial charge >= 0.3 is 101 Å². The zero-order valence-corrected chi connectivity index (χ0v) is 13.3. The molecule has 1 heterocycles. The first-order chi connectivity index (χ1) is 4.13. The summed E-state index contributed by atoms with van der Waals surface area (Å²) in [7, 11) is 0. The van der Waals surface area contributed by atoms with Gasteiger partial charge in [-0.2, -0.15) is 0 Å². The van der Waals surface area contributed by atoms with Crippen molar-refractivity contribution in [2.24, 2.45) is 0 Å². The average molecular weight is 204 g/mol. The molecule has 2 atom stereocenters. The van der Waals surface area contributed by atoms with Crippen molar-refractivity contribution in [3.8, 4) is 0 Å². The average Bonchev–Trinajstić information content (AvgIpc) is 2.39. The summed E-state index contributed by atoms with van der Waals surface area (Å²) in [5, 5.41) is 16.2. The summed E-state index contributed by atoms with van der Waals surface area (Å²) in [5.74, 6) is -2.44. The van der Waals surface area contributed by atoms with Crippen LogP contribution in [0.4, 0.5) is 0 Å². The molecule has 56 valence electrons. The van der Waals surface area contributed by atoms with E-state index in [4.69, 9.17) is 10.2 Å². The first kappa shape index (κ1) is 19.5. The summed E-state index contributed by atoms with van der Waals surface area (Å²) in [5.41, 5.74) is 0. The van der Waals surface area contributed by atoms with E-state index >= 15 is 0 Å². The second-order valence-electron chi connectivity index (χ2n) is 1.65. The molecule has 0 aromatic carbocycles. The van der Waals surface area contributed by atoms with Crippen LogP contribution < -0.4 is 88.7 Å². The number of hydrogen-bond acceptors (Lipinski definition) is 3. The Hall–Kier alpha value is 1.90. The van der Waals surface area contributed by atoms with E-state index in [-0.39, 0.29) is 93.0 Å². The van der Waals surface area contributed by atoms with Gasteiger partial charge < -0.3 is 19.2 Å². The van der Waals surface area contributed by atoms with Gasteiger partial charge in [0.25, 0.3) is 0 Å². The number of hydrogen-bond donors (Lipinski definition) is 2. The number of rotatable bonds is 2. The Balaban J connectivity index is -0.0000000337. The third-order valence-electron chi connectivity index (χ3n) is 0.978. The number of carboxylic acids is 2. The van der Waals surface area contributed by atoms with Gasteiger partial charge in [0.1, 0.15) is 0 Å². The van der Waals surface area contributed by atoms with Gasteiger partial charge in [0, 0.05) is 0 Å². The maximum absolute atomic E-state index is 9.89. The molecule has 0 aromatic heterocycles. The molecular formula is C4H7Na3O5. The summed E-state index contributed by atoms with van der Waals surface area (Å²) in [4.78, 5) is 19.8. The van der Waals surface area contributed by atoms with Crippen molar-refractivity contribution in [2.75, 3.05) is 0 Å². The number of epoxide rings is 1. The quantitative estimate of drug-likeness (QED) is 0.344. The molecule has 12 heavy (non-hydrogen) atoms. The minimum atomic E-state index is -1.22. The standard InChI is InChI=1S/C4H4O5.3Na.3H/c5-3(6)1-2(9-1)4(7)8;;;;;;/h1-2H,(H,5,6)(H,7,8);;;;;;/q;3*+1;3*-1. The van der Waals surface area contributed by atoms with Crippen molar-refractivity contribution >= 4 is 11.9 Å². The van der Waals surface area contributed by atoms with Crippen LogP contribution in [0.3, 0.4) is 0 Å². The molecule has 0 bridgehead atoms. The van der Waals surface area contributed by atoms with Gasteiger partial charge in [0.05, 0.1) is 0 Å². The van der Waals surface area contributed by atoms with Gasteiger partial charge in [-0.1, -0.05) is 0 Å². The Kier molecular flexibility index (Phi) is 13.3. The Morgan fingerprint density at radius 3 is 1.33 bits per heavy atom. The van der Waals surface area contributed by atoms with E-state index in [1.54, 1.807) is 0 Å². The fraction of sp³-hybridized carbons (Fsp3) is 0.500. The molecule has 1 saturated heterocycles. The molecule has 5 nitrogen and oxygen atoms in total. The summed E-state index contributed by atoms with van der Waals surface area (Å²) in [6.07, 6.45) is -2.25. The minimum Gasteiger partial charge on any atom is -1.00 e. The topological polar surface area (TPSA) is 87.1 Å². The fourth-order valence-electron chi connectivity index (χ4n) is 0.488. The monoisotopic (exact) mass is 204 g/mol. The van der Waals surface area contributed by atoms with E-state index in [9.17, 15) is 9.59 Å². The Labute approximate surface area is 140 Å². The molecule has 1 aliphatic heterocycles. The van der Waals surface area contributed by atoms with Crippen molar-refractivity contribution in [2.45, 2.75) is 12.2 Å². The van der Waals surface area contributed by atoms with E-state index in [1.165, 1.54) is 0 Å². The largest absolute Gasteiger partial charge is 1.00 e. The second kappa shape index (κ2) is 8.23. The van der Waals surface area contributed by atoms with Gasteiger partial charge in [-0.15, -0.1) is 0 Å². The normalized spacial score (nSPS) is 23.7. The minimum absolute atomic E-state index is 0. The Morgan fingerprint density at radius 1 is 1.00 bits per heavy atom. The van der Waals surface area contributed by atoms with Crippen molar-refractivity contribution in [1.29, 1.82) is 0 Å². The van der Waals surface area contributed by atoms with E-state index in [0.717, 1.165) is 0 Å². The van der Waals surface area contributed by atoms with Gasteiger partial charge in [-0.05, 0) is 0 Å². The zero-order valence-electron chi connectivity index (χ0n) is 10.3. The maximum Gasteiger partial charge on any atom is 1.00 e. The van der Waals surface area contributed by atoms with Crippen LogP contribution in [0.2, 0.25) is 0 Å². The van der Waals surface area contributed by atoms with Crippen LogP contribution in [0.1, 0.15) is 4.28 Å². The Morgan fingerprint density at radius 2 is 1.25 bits per heavy atom. The third kappa shape index (κ3) is 5.59. The molecule has 0 spiro atoms. The van der Waals surface area contributed by atoms with Crippen LogP contribution in [0.25, 0.3) is 0 Å². The summed E-state index contributed by atoms with van der Waals surface area (Å²) < 4.78 is 4.24. The predicted octanol–water partition coefficient (Wildman–Crippen LogP) is -9.73. The molecule has 0 radical (unpaired) electrons. The van der Waals surface area contributed by atoms with Gasteiger partial charge in [-0.3, -0.25) is 0 Å². The second-order valence-corrected chi connectivity index (χ2v) is 1.65. The van der Waals surface area contributed by atoms with Crippen molar-refractivity contribution in [3.63, 3.8) is 0 Å². The number of aliphatic carboxylic acids is 2. The van der Waals surface area contributed by atoms with Gasteiger partial charge in [0.15, 0.2) is 12.2 Å². The first-order valence-corrected chi connectivity index (χ1v) is 2.24. The van der Waals surface area contributed by atoms with Crippen LogP contribution in [-0.4, -0.2) is 34.4 Å². The van der Waals surface area contributed by atoms with Crippen molar-refractivity contribution in [3.05, 3.63) is 0 Å².